The molecule has 0 atom stereocenters. The van der Waals surface area contributed by atoms with Gasteiger partial charge in [0.25, 0.3) is 0 Å². The van der Waals surface area contributed by atoms with Crippen LogP contribution in [-0.4, -0.2) is 26.4 Å². The zero-order valence-electron chi connectivity index (χ0n) is 14.4. The number of ether oxygens (including phenoxy) is 1. The zero-order chi connectivity index (χ0) is 19.3. The normalized spacial score (nSPS) is 12.8. The van der Waals surface area contributed by atoms with E-state index in [1.807, 2.05) is 6.07 Å². The fourth-order valence-electron chi connectivity index (χ4n) is 3.15. The first-order valence-electron chi connectivity index (χ1n) is 8.48. The Labute approximate surface area is 162 Å². The van der Waals surface area contributed by atoms with Gasteiger partial charge in [0, 0.05) is 34.7 Å². The third-order valence-corrected chi connectivity index (χ3v) is 5.53. The van der Waals surface area contributed by atoms with Crippen LogP contribution in [0.2, 0.25) is 0 Å². The molecule has 6 nitrogen and oxygen atoms in total. The molecule has 4 aromatic rings. The maximum atomic E-state index is 14.3. The van der Waals surface area contributed by atoms with E-state index in [0.717, 1.165) is 22.2 Å². The van der Waals surface area contributed by atoms with E-state index in [0.29, 0.717) is 35.3 Å². The van der Waals surface area contributed by atoms with E-state index in [-0.39, 0.29) is 5.69 Å². The molecule has 2 aromatic carbocycles. The largest absolute Gasteiger partial charge is 0.492 e. The van der Waals surface area contributed by atoms with Crippen LogP contribution in [0.3, 0.4) is 0 Å². The Bertz CT molecular complexity index is 1200. The van der Waals surface area contributed by atoms with E-state index >= 15 is 0 Å². The quantitative estimate of drug-likeness (QED) is 0.520. The smallest absolute Gasteiger partial charge is 0.192 e. The second-order valence-electron chi connectivity index (χ2n) is 6.24. The third kappa shape index (κ3) is 2.71. The number of rotatable bonds is 2. The van der Waals surface area contributed by atoms with E-state index in [4.69, 9.17) is 15.5 Å². The molecular weight excluding hydrogens is 384 g/mol. The van der Waals surface area contributed by atoms with Crippen LogP contribution in [0.1, 0.15) is 4.88 Å². The molecule has 9 heteroatoms. The van der Waals surface area contributed by atoms with Crippen LogP contribution < -0.4 is 10.5 Å². The molecule has 0 fully saturated rings. The van der Waals surface area contributed by atoms with Crippen molar-refractivity contribution in [3.8, 4) is 33.5 Å². The minimum Gasteiger partial charge on any atom is -0.492 e. The Balaban J connectivity index is 1.64. The average Bonchev–Trinajstić information content (AvgIpc) is 3.26. The maximum Gasteiger partial charge on any atom is 0.192 e. The second kappa shape index (κ2) is 6.38. The first-order valence-corrected chi connectivity index (χ1v) is 9.30. The molecule has 0 radical (unpaired) electrons. The zero-order valence-corrected chi connectivity index (χ0v) is 15.2. The van der Waals surface area contributed by atoms with Crippen molar-refractivity contribution in [2.24, 2.45) is 0 Å². The standard InChI is InChI=1S/C19H13F2N5OS/c20-10-1-4-14(13(21)7-10)26-18(23-9-24-26)19-25-17-12-3-2-11(22)8-15(12)27-6-5-16(17)28-19/h1-4,7-9H,5-6,22H2. The summed E-state index contributed by atoms with van der Waals surface area (Å²) in [4.78, 5) is 10.0. The summed E-state index contributed by atoms with van der Waals surface area (Å²) in [6.45, 7) is 0.504. The van der Waals surface area contributed by atoms with E-state index in [1.54, 1.807) is 12.1 Å². The van der Waals surface area contributed by atoms with Gasteiger partial charge in [-0.1, -0.05) is 0 Å². The molecule has 3 heterocycles. The van der Waals surface area contributed by atoms with Gasteiger partial charge in [-0.2, -0.15) is 5.10 Å². The van der Waals surface area contributed by atoms with Gasteiger partial charge in [-0.15, -0.1) is 11.3 Å². The highest BCUT2D eigenvalue weighted by atomic mass is 32.1. The molecule has 1 aliphatic rings. The molecule has 0 bridgehead atoms. The van der Waals surface area contributed by atoms with Crippen LogP contribution in [0, 0.1) is 11.6 Å². The number of benzene rings is 2. The number of anilines is 1. The van der Waals surface area contributed by atoms with Gasteiger partial charge >= 0.3 is 0 Å². The topological polar surface area (TPSA) is 78.9 Å². The maximum absolute atomic E-state index is 14.3. The first-order chi connectivity index (χ1) is 13.6. The summed E-state index contributed by atoms with van der Waals surface area (Å²) >= 11 is 1.45. The minimum absolute atomic E-state index is 0.107. The summed E-state index contributed by atoms with van der Waals surface area (Å²) in [5, 5.41) is 4.70. The van der Waals surface area contributed by atoms with Crippen LogP contribution in [0.4, 0.5) is 14.5 Å². The number of nitrogens with zero attached hydrogens (tertiary/aromatic N) is 4. The van der Waals surface area contributed by atoms with Crippen molar-refractivity contribution in [1.29, 1.82) is 0 Å². The lowest BCUT2D eigenvalue weighted by molar-refractivity contribution is 0.327. The van der Waals surface area contributed by atoms with E-state index in [1.165, 1.54) is 34.5 Å². The molecule has 0 spiro atoms. The lowest BCUT2D eigenvalue weighted by atomic mass is 10.1. The molecule has 0 saturated heterocycles. The van der Waals surface area contributed by atoms with Gasteiger partial charge < -0.3 is 10.5 Å². The Morgan fingerprint density at radius 3 is 2.89 bits per heavy atom. The number of hydrogen-bond donors (Lipinski definition) is 1. The van der Waals surface area contributed by atoms with Crippen molar-refractivity contribution in [3.05, 3.63) is 59.2 Å². The molecule has 2 N–H and O–H groups in total. The summed E-state index contributed by atoms with van der Waals surface area (Å²) in [5.41, 5.74) is 8.23. The van der Waals surface area contributed by atoms with Gasteiger partial charge in [-0.25, -0.2) is 23.4 Å². The van der Waals surface area contributed by atoms with Crippen molar-refractivity contribution in [2.75, 3.05) is 12.3 Å². The molecule has 0 aliphatic carbocycles. The predicted molar refractivity (Wildman–Crippen MR) is 101 cm³/mol. The van der Waals surface area contributed by atoms with Crippen LogP contribution >= 0.6 is 11.3 Å². The lowest BCUT2D eigenvalue weighted by Gasteiger charge is -2.07. The Morgan fingerprint density at radius 1 is 1.14 bits per heavy atom. The molecule has 28 heavy (non-hydrogen) atoms. The Morgan fingerprint density at radius 2 is 2.04 bits per heavy atom. The van der Waals surface area contributed by atoms with Crippen LogP contribution in [-0.2, 0) is 6.42 Å². The van der Waals surface area contributed by atoms with Crippen LogP contribution in [0.25, 0.3) is 27.8 Å². The molecule has 0 unspecified atom stereocenters. The summed E-state index contributed by atoms with van der Waals surface area (Å²) in [5.74, 6) is -0.304. The van der Waals surface area contributed by atoms with E-state index in [2.05, 4.69) is 10.1 Å². The lowest BCUT2D eigenvalue weighted by Crippen LogP contribution is -2.03. The van der Waals surface area contributed by atoms with E-state index in [9.17, 15) is 8.78 Å². The summed E-state index contributed by atoms with van der Waals surface area (Å²) in [6.07, 6.45) is 2.00. The molecule has 0 saturated carbocycles. The van der Waals surface area contributed by atoms with Gasteiger partial charge in [-0.3, -0.25) is 0 Å². The average molecular weight is 397 g/mol. The number of aromatic nitrogens is 4. The van der Waals surface area contributed by atoms with Crippen molar-refractivity contribution in [1.82, 2.24) is 19.7 Å². The van der Waals surface area contributed by atoms with Gasteiger partial charge in [0.1, 0.15) is 23.6 Å². The van der Waals surface area contributed by atoms with Gasteiger partial charge in [0.2, 0.25) is 0 Å². The predicted octanol–water partition coefficient (Wildman–Crippen LogP) is 3.85. The van der Waals surface area contributed by atoms with Crippen molar-refractivity contribution in [2.45, 2.75) is 6.42 Å². The molecular formula is C19H13F2N5OS. The first kappa shape index (κ1) is 16.8. The van der Waals surface area contributed by atoms with Gasteiger partial charge in [-0.05, 0) is 24.3 Å². The number of nitrogens with two attached hydrogens (primary N) is 1. The van der Waals surface area contributed by atoms with Gasteiger partial charge in [0.05, 0.1) is 12.3 Å². The molecule has 2 aromatic heterocycles. The van der Waals surface area contributed by atoms with Crippen molar-refractivity contribution >= 4 is 17.0 Å². The number of hydrogen-bond acceptors (Lipinski definition) is 6. The Hall–Kier alpha value is -3.33. The fourth-order valence-corrected chi connectivity index (χ4v) is 4.19. The highest BCUT2D eigenvalue weighted by Crippen LogP contribution is 2.40. The molecule has 5 rings (SSSR count). The Kier molecular flexibility index (Phi) is 3.83. The molecule has 1 aliphatic heterocycles. The van der Waals surface area contributed by atoms with Crippen LogP contribution in [0.15, 0.2) is 42.7 Å². The summed E-state index contributed by atoms with van der Waals surface area (Å²) in [7, 11) is 0. The van der Waals surface area contributed by atoms with Crippen molar-refractivity contribution < 1.29 is 13.5 Å². The number of fused-ring (bicyclic) bond motifs is 3. The van der Waals surface area contributed by atoms with Crippen molar-refractivity contribution in [3.63, 3.8) is 0 Å². The van der Waals surface area contributed by atoms with E-state index < -0.39 is 11.6 Å². The summed E-state index contributed by atoms with van der Waals surface area (Å²) < 4.78 is 34.6. The highest BCUT2D eigenvalue weighted by Gasteiger charge is 2.24. The third-order valence-electron chi connectivity index (χ3n) is 4.42. The number of thiazole rings is 1. The highest BCUT2D eigenvalue weighted by molar-refractivity contribution is 7.15. The summed E-state index contributed by atoms with van der Waals surface area (Å²) in [6, 6.07) is 8.78. The second-order valence-corrected chi connectivity index (χ2v) is 7.32. The number of nitrogen functional groups attached to an aromatic ring is 1. The van der Waals surface area contributed by atoms with Crippen LogP contribution in [0.5, 0.6) is 5.75 Å². The number of halogens is 2. The molecule has 0 amide bonds. The monoisotopic (exact) mass is 397 g/mol. The fraction of sp³-hybridized carbons (Fsp3) is 0.105. The minimum atomic E-state index is -0.723. The van der Waals surface area contributed by atoms with Gasteiger partial charge in [0.15, 0.2) is 16.6 Å². The SMILES string of the molecule is Nc1ccc2c(c1)OCCc1sc(-c3ncnn3-c3ccc(F)cc3F)nc1-2. The molecule has 140 valence electrons.